The van der Waals surface area contributed by atoms with Crippen molar-refractivity contribution < 1.29 is 4.79 Å². The molecule has 4 fully saturated rings. The lowest BCUT2D eigenvalue weighted by Gasteiger charge is -2.60. The fourth-order valence-corrected chi connectivity index (χ4v) is 8.73. The highest BCUT2D eigenvalue weighted by Gasteiger charge is 2.59. The number of rotatable bonds is 2. The number of hydrogen-bond acceptors (Lipinski definition) is 1. The second kappa shape index (κ2) is 7.58. The molecule has 3 N–H and O–H groups in total. The normalized spacial score (nSPS) is 45.6. The Morgan fingerprint density at radius 3 is 2.61 bits per heavy atom. The van der Waals surface area contributed by atoms with Crippen LogP contribution in [0.2, 0.25) is 0 Å². The Morgan fingerprint density at radius 2 is 1.82 bits per heavy atom. The molecule has 28 heavy (non-hydrogen) atoms. The first kappa shape index (κ1) is 20.1. The van der Waals surface area contributed by atoms with E-state index in [1.54, 1.807) is 0 Å². The molecule has 0 spiro atoms. The van der Waals surface area contributed by atoms with E-state index in [4.69, 9.17) is 5.73 Å². The number of carbonyl (C=O) groups is 1. The molecule has 0 aliphatic heterocycles. The van der Waals surface area contributed by atoms with Crippen molar-refractivity contribution in [1.29, 1.82) is 0 Å². The maximum Gasteiger partial charge on any atom is 0.323 e. The van der Waals surface area contributed by atoms with Gasteiger partial charge in [0.05, 0.1) is 0 Å². The van der Waals surface area contributed by atoms with E-state index in [0.717, 1.165) is 36.0 Å². The van der Waals surface area contributed by atoms with Crippen molar-refractivity contribution in [3.8, 4) is 12.0 Å². The molecule has 8 atom stereocenters. The Balaban J connectivity index is 1.47. The van der Waals surface area contributed by atoms with Gasteiger partial charge in [0.1, 0.15) is 0 Å². The van der Waals surface area contributed by atoms with Gasteiger partial charge in [-0.1, -0.05) is 39.5 Å². The van der Waals surface area contributed by atoms with E-state index < -0.39 is 6.03 Å². The average Bonchev–Trinajstić information content (AvgIpc) is 3.01. The molecule has 3 heteroatoms. The molecule has 4 aliphatic rings. The van der Waals surface area contributed by atoms with Crippen LogP contribution in [0.3, 0.4) is 0 Å². The van der Waals surface area contributed by atoms with Crippen LogP contribution in [0.15, 0.2) is 0 Å². The van der Waals surface area contributed by atoms with E-state index in [1.807, 2.05) is 0 Å². The van der Waals surface area contributed by atoms with Gasteiger partial charge in [-0.15, -0.1) is 0 Å². The van der Waals surface area contributed by atoms with Gasteiger partial charge in [0, 0.05) is 12.5 Å². The third kappa shape index (κ3) is 3.25. The molecule has 2 amide bonds. The van der Waals surface area contributed by atoms with Gasteiger partial charge in [0.25, 0.3) is 0 Å². The van der Waals surface area contributed by atoms with Crippen LogP contribution in [0.5, 0.6) is 0 Å². The molecule has 4 saturated carbocycles. The first-order chi connectivity index (χ1) is 13.4. The standard InChI is InChI=1S/C25H40N2O/c1-17(7-6-16-27-23(26)28)20-11-12-21-19-10-9-18-8-4-5-14-24(18,2)22(19)13-15-25(20,21)3/h17-22H,4-5,7-15H2,1-3H3,(H3,26,27,28)/t17-,18?,19+,20-,21+,22+,24+,25-/m1/s1. The van der Waals surface area contributed by atoms with Crippen LogP contribution in [0.4, 0.5) is 4.79 Å². The number of fused-ring (bicyclic) bond motifs is 5. The number of urea groups is 1. The summed E-state index contributed by atoms with van der Waals surface area (Å²) in [7, 11) is 0. The number of carbonyl (C=O) groups excluding carboxylic acids is 1. The van der Waals surface area contributed by atoms with Gasteiger partial charge >= 0.3 is 6.03 Å². The fourth-order valence-electron chi connectivity index (χ4n) is 8.73. The highest BCUT2D eigenvalue weighted by Crippen LogP contribution is 2.68. The molecule has 0 bridgehead atoms. The summed E-state index contributed by atoms with van der Waals surface area (Å²) in [4.78, 5) is 10.8. The van der Waals surface area contributed by atoms with Crippen LogP contribution in [0.25, 0.3) is 0 Å². The van der Waals surface area contributed by atoms with E-state index >= 15 is 0 Å². The highest BCUT2D eigenvalue weighted by atomic mass is 16.2. The van der Waals surface area contributed by atoms with Gasteiger partial charge in [0.2, 0.25) is 0 Å². The summed E-state index contributed by atoms with van der Waals surface area (Å²) in [5.74, 6) is 8.40. The van der Waals surface area contributed by atoms with Gasteiger partial charge < -0.3 is 5.73 Å². The van der Waals surface area contributed by atoms with Crippen molar-refractivity contribution in [3.63, 3.8) is 0 Å². The molecule has 156 valence electrons. The number of nitrogens with one attached hydrogen (secondary N) is 1. The summed E-state index contributed by atoms with van der Waals surface area (Å²) in [6, 6.07) is 2.17. The predicted octanol–water partition coefficient (Wildman–Crippen LogP) is 5.69. The largest absolute Gasteiger partial charge is 0.351 e. The Kier molecular flexibility index (Phi) is 5.45. The molecule has 3 nitrogen and oxygen atoms in total. The second-order valence-electron chi connectivity index (χ2n) is 11.1. The number of hydrogen-bond donors (Lipinski definition) is 2. The van der Waals surface area contributed by atoms with E-state index in [9.17, 15) is 4.79 Å². The average molecular weight is 385 g/mol. The number of primary amides is 1. The van der Waals surface area contributed by atoms with Gasteiger partial charge in [-0.2, -0.15) is 0 Å². The lowest BCUT2D eigenvalue weighted by molar-refractivity contribution is -0.114. The Hall–Kier alpha value is -1.17. The van der Waals surface area contributed by atoms with Crippen molar-refractivity contribution in [2.24, 2.45) is 52.1 Å². The van der Waals surface area contributed by atoms with E-state index in [2.05, 4.69) is 38.1 Å². The third-order valence-corrected chi connectivity index (χ3v) is 10.0. The molecule has 0 aromatic rings. The van der Waals surface area contributed by atoms with Crippen molar-refractivity contribution >= 4 is 6.03 Å². The van der Waals surface area contributed by atoms with Gasteiger partial charge in [-0.05, 0) is 97.7 Å². The van der Waals surface area contributed by atoms with Crippen LogP contribution in [0, 0.1) is 58.3 Å². The smallest absolute Gasteiger partial charge is 0.323 e. The summed E-state index contributed by atoms with van der Waals surface area (Å²) in [6.45, 7) is 7.67. The van der Waals surface area contributed by atoms with Crippen LogP contribution in [-0.2, 0) is 0 Å². The van der Waals surface area contributed by atoms with Crippen LogP contribution < -0.4 is 11.1 Å². The van der Waals surface area contributed by atoms with Crippen LogP contribution in [-0.4, -0.2) is 6.03 Å². The molecular formula is C25H40N2O. The maximum absolute atomic E-state index is 10.8. The van der Waals surface area contributed by atoms with E-state index in [-0.39, 0.29) is 0 Å². The highest BCUT2D eigenvalue weighted by molar-refractivity contribution is 5.73. The van der Waals surface area contributed by atoms with E-state index in [0.29, 0.717) is 16.7 Å². The zero-order valence-corrected chi connectivity index (χ0v) is 18.2. The van der Waals surface area contributed by atoms with Crippen molar-refractivity contribution in [2.75, 3.05) is 0 Å². The molecule has 0 radical (unpaired) electrons. The zero-order chi connectivity index (χ0) is 19.9. The SMILES string of the molecule is C[C@H](CC#CNC(N)=O)[C@H]1CC[C@H]2[C@@H]3CCC4CCCC[C@]4(C)[C@H]3CC[C@]12C. The molecular weight excluding hydrogens is 344 g/mol. The molecule has 4 aliphatic carbocycles. The number of amides is 2. The van der Waals surface area contributed by atoms with Crippen molar-refractivity contribution in [3.05, 3.63) is 0 Å². The minimum atomic E-state index is -0.557. The monoisotopic (exact) mass is 384 g/mol. The Labute approximate surface area is 172 Å². The Morgan fingerprint density at radius 1 is 1.04 bits per heavy atom. The summed E-state index contributed by atoms with van der Waals surface area (Å²) in [6.07, 6.45) is 15.5. The first-order valence-electron chi connectivity index (χ1n) is 11.9. The molecule has 0 aromatic heterocycles. The minimum absolute atomic E-state index is 0.497. The quantitative estimate of drug-likeness (QED) is 0.466. The Bertz CT molecular complexity index is 663. The minimum Gasteiger partial charge on any atom is -0.351 e. The zero-order valence-electron chi connectivity index (χ0n) is 18.2. The topological polar surface area (TPSA) is 55.1 Å². The van der Waals surface area contributed by atoms with Crippen molar-refractivity contribution in [1.82, 2.24) is 5.32 Å². The van der Waals surface area contributed by atoms with Crippen LogP contribution in [0.1, 0.15) is 91.4 Å². The summed E-state index contributed by atoms with van der Waals surface area (Å²) in [5, 5.41) is 2.40. The van der Waals surface area contributed by atoms with Gasteiger partial charge in [-0.3, -0.25) is 5.32 Å². The lowest BCUT2D eigenvalue weighted by Crippen LogP contribution is -2.53. The van der Waals surface area contributed by atoms with Crippen molar-refractivity contribution in [2.45, 2.75) is 91.4 Å². The van der Waals surface area contributed by atoms with E-state index in [1.165, 1.54) is 64.2 Å². The number of nitrogens with two attached hydrogens (primary N) is 1. The summed E-state index contributed by atoms with van der Waals surface area (Å²) < 4.78 is 0. The molecule has 4 rings (SSSR count). The van der Waals surface area contributed by atoms with Gasteiger partial charge in [-0.25, -0.2) is 4.79 Å². The first-order valence-corrected chi connectivity index (χ1v) is 11.9. The summed E-state index contributed by atoms with van der Waals surface area (Å²) >= 11 is 0. The molecule has 0 saturated heterocycles. The molecule has 0 heterocycles. The summed E-state index contributed by atoms with van der Waals surface area (Å²) in [5.41, 5.74) is 6.24. The third-order valence-electron chi connectivity index (χ3n) is 10.0. The molecule has 1 unspecified atom stereocenters. The van der Waals surface area contributed by atoms with Crippen LogP contribution >= 0.6 is 0 Å². The molecule has 0 aromatic carbocycles. The predicted molar refractivity (Wildman–Crippen MR) is 114 cm³/mol. The fraction of sp³-hybridized carbons (Fsp3) is 0.880. The lowest BCUT2D eigenvalue weighted by atomic mass is 9.44. The second-order valence-corrected chi connectivity index (χ2v) is 11.1. The maximum atomic E-state index is 10.8. The van der Waals surface area contributed by atoms with Gasteiger partial charge in [0.15, 0.2) is 0 Å².